The zero-order chi connectivity index (χ0) is 11.8. The number of aliphatic carboxylic acids is 1. The van der Waals surface area contributed by atoms with Crippen molar-refractivity contribution in [2.24, 2.45) is 5.92 Å². The number of esters is 1. The van der Waals surface area contributed by atoms with Gasteiger partial charge in [0.25, 0.3) is 0 Å². The number of allylic oxidation sites excluding steroid dienone is 2. The quantitative estimate of drug-likeness (QED) is 0.417. The lowest BCUT2D eigenvalue weighted by Crippen LogP contribution is -2.24. The first-order valence-electron chi connectivity index (χ1n) is 4.99. The zero-order valence-electron chi connectivity index (χ0n) is 9.45. The van der Waals surface area contributed by atoms with Crippen LogP contribution in [0.5, 0.6) is 0 Å². The minimum atomic E-state index is -1.12. The van der Waals surface area contributed by atoms with Crippen LogP contribution in [0.25, 0.3) is 0 Å². The van der Waals surface area contributed by atoms with Gasteiger partial charge in [-0.2, -0.15) is 0 Å². The van der Waals surface area contributed by atoms with Crippen LogP contribution in [0.15, 0.2) is 11.6 Å². The summed E-state index contributed by atoms with van der Waals surface area (Å²) in [5.74, 6) is -2.84. The maximum absolute atomic E-state index is 11.1. The van der Waals surface area contributed by atoms with Crippen molar-refractivity contribution in [1.82, 2.24) is 0 Å². The minimum absolute atomic E-state index is 0.291. The van der Waals surface area contributed by atoms with Crippen LogP contribution in [0.4, 0.5) is 0 Å². The van der Waals surface area contributed by atoms with Gasteiger partial charge in [0.15, 0.2) is 5.92 Å². The topological polar surface area (TPSA) is 63.6 Å². The molecule has 0 amide bonds. The molecule has 4 nitrogen and oxygen atoms in total. The van der Waals surface area contributed by atoms with Gasteiger partial charge < -0.3 is 9.84 Å². The third-order valence-corrected chi connectivity index (χ3v) is 2.29. The predicted molar refractivity (Wildman–Crippen MR) is 56.4 cm³/mol. The number of hydrogen-bond acceptors (Lipinski definition) is 3. The van der Waals surface area contributed by atoms with Gasteiger partial charge in [-0.15, -0.1) is 0 Å². The Morgan fingerprint density at radius 1 is 1.47 bits per heavy atom. The molecule has 1 atom stereocenters. The Morgan fingerprint density at radius 3 is 2.47 bits per heavy atom. The standard InChI is InChI=1S/C11H18O4/c1-4-8(2)6-5-7-9(10(12)13)11(14)15-3/h6,9H,4-5,7H2,1-3H3,(H,12,13). The summed E-state index contributed by atoms with van der Waals surface area (Å²) in [5.41, 5.74) is 1.20. The smallest absolute Gasteiger partial charge is 0.320 e. The van der Waals surface area contributed by atoms with E-state index >= 15 is 0 Å². The van der Waals surface area contributed by atoms with Crippen molar-refractivity contribution in [3.05, 3.63) is 11.6 Å². The van der Waals surface area contributed by atoms with Crippen LogP contribution in [-0.2, 0) is 14.3 Å². The lowest BCUT2D eigenvalue weighted by atomic mass is 10.0. The van der Waals surface area contributed by atoms with E-state index in [1.807, 2.05) is 19.9 Å². The maximum Gasteiger partial charge on any atom is 0.320 e. The molecule has 0 saturated carbocycles. The highest BCUT2D eigenvalue weighted by atomic mass is 16.5. The van der Waals surface area contributed by atoms with Gasteiger partial charge in [0, 0.05) is 0 Å². The number of carboxylic acids is 1. The number of rotatable bonds is 6. The first-order valence-corrected chi connectivity index (χ1v) is 4.99. The molecule has 0 aromatic carbocycles. The van der Waals surface area contributed by atoms with Crippen molar-refractivity contribution in [2.45, 2.75) is 33.1 Å². The monoisotopic (exact) mass is 214 g/mol. The van der Waals surface area contributed by atoms with Crippen LogP contribution in [0, 0.1) is 5.92 Å². The van der Waals surface area contributed by atoms with E-state index in [0.29, 0.717) is 12.8 Å². The normalized spacial score (nSPS) is 13.4. The molecule has 0 spiro atoms. The Hall–Kier alpha value is -1.32. The SMILES string of the molecule is CCC(C)=CCCC(C(=O)O)C(=O)OC. The Balaban J connectivity index is 4.20. The van der Waals surface area contributed by atoms with Gasteiger partial charge in [0.05, 0.1) is 7.11 Å². The molecule has 1 unspecified atom stereocenters. The van der Waals surface area contributed by atoms with Crippen molar-refractivity contribution in [2.75, 3.05) is 7.11 Å². The van der Waals surface area contributed by atoms with Crippen LogP contribution in [0.2, 0.25) is 0 Å². The molecule has 0 aromatic rings. The lowest BCUT2D eigenvalue weighted by molar-refractivity contribution is -0.156. The summed E-state index contributed by atoms with van der Waals surface area (Å²) in [6.45, 7) is 4.01. The van der Waals surface area contributed by atoms with E-state index in [-0.39, 0.29) is 0 Å². The number of methoxy groups -OCH3 is 1. The molecule has 0 saturated heterocycles. The first-order chi connectivity index (χ1) is 7.02. The fourth-order valence-corrected chi connectivity index (χ4v) is 1.13. The minimum Gasteiger partial charge on any atom is -0.481 e. The fraction of sp³-hybridized carbons (Fsp3) is 0.636. The van der Waals surface area contributed by atoms with Crippen molar-refractivity contribution in [3.63, 3.8) is 0 Å². The lowest BCUT2D eigenvalue weighted by Gasteiger charge is -2.08. The number of carboxylic acid groups (broad SMARTS) is 1. The Kier molecular flexibility index (Phi) is 6.42. The molecule has 4 heteroatoms. The molecule has 0 heterocycles. The summed E-state index contributed by atoms with van der Waals surface area (Å²) in [4.78, 5) is 21.8. The number of carbonyl (C=O) groups excluding carboxylic acids is 1. The average molecular weight is 214 g/mol. The summed E-state index contributed by atoms with van der Waals surface area (Å²) < 4.78 is 4.42. The molecule has 0 rings (SSSR count). The van der Waals surface area contributed by atoms with Gasteiger partial charge in [0.2, 0.25) is 0 Å². The Morgan fingerprint density at radius 2 is 2.07 bits per heavy atom. The summed E-state index contributed by atoms with van der Waals surface area (Å²) >= 11 is 0. The second-order valence-electron chi connectivity index (χ2n) is 3.40. The van der Waals surface area contributed by atoms with Crippen molar-refractivity contribution >= 4 is 11.9 Å². The van der Waals surface area contributed by atoms with E-state index in [4.69, 9.17) is 5.11 Å². The second-order valence-corrected chi connectivity index (χ2v) is 3.40. The van der Waals surface area contributed by atoms with Crippen molar-refractivity contribution in [3.8, 4) is 0 Å². The van der Waals surface area contributed by atoms with Gasteiger partial charge in [-0.1, -0.05) is 18.6 Å². The molecule has 0 aliphatic carbocycles. The van der Waals surface area contributed by atoms with E-state index in [2.05, 4.69) is 4.74 Å². The number of ether oxygens (including phenoxy) is 1. The molecule has 15 heavy (non-hydrogen) atoms. The van der Waals surface area contributed by atoms with Crippen LogP contribution in [-0.4, -0.2) is 24.2 Å². The zero-order valence-corrected chi connectivity index (χ0v) is 9.45. The van der Waals surface area contributed by atoms with Crippen LogP contribution >= 0.6 is 0 Å². The van der Waals surface area contributed by atoms with Crippen molar-refractivity contribution in [1.29, 1.82) is 0 Å². The van der Waals surface area contributed by atoms with E-state index in [1.54, 1.807) is 0 Å². The van der Waals surface area contributed by atoms with E-state index in [9.17, 15) is 9.59 Å². The number of carbonyl (C=O) groups is 2. The van der Waals surface area contributed by atoms with Gasteiger partial charge in [-0.3, -0.25) is 9.59 Å². The van der Waals surface area contributed by atoms with Gasteiger partial charge in [0.1, 0.15) is 0 Å². The molecule has 0 aromatic heterocycles. The Labute approximate surface area is 89.9 Å². The van der Waals surface area contributed by atoms with Gasteiger partial charge >= 0.3 is 11.9 Å². The highest BCUT2D eigenvalue weighted by Crippen LogP contribution is 2.11. The summed E-state index contributed by atoms with van der Waals surface area (Å²) in [6.07, 6.45) is 3.78. The van der Waals surface area contributed by atoms with Crippen LogP contribution in [0.1, 0.15) is 33.1 Å². The molecule has 0 fully saturated rings. The molecule has 86 valence electrons. The van der Waals surface area contributed by atoms with Gasteiger partial charge in [-0.05, 0) is 26.2 Å². The number of hydrogen-bond donors (Lipinski definition) is 1. The molecular weight excluding hydrogens is 196 g/mol. The largest absolute Gasteiger partial charge is 0.481 e. The van der Waals surface area contributed by atoms with Crippen molar-refractivity contribution < 1.29 is 19.4 Å². The third kappa shape index (κ3) is 5.20. The fourth-order valence-electron chi connectivity index (χ4n) is 1.13. The van der Waals surface area contributed by atoms with Crippen LogP contribution in [0.3, 0.4) is 0 Å². The predicted octanol–water partition coefficient (Wildman–Crippen LogP) is 2.00. The molecule has 0 bridgehead atoms. The maximum atomic E-state index is 11.1. The Bertz CT molecular complexity index is 255. The molecule has 0 radical (unpaired) electrons. The highest BCUT2D eigenvalue weighted by Gasteiger charge is 2.25. The second kappa shape index (κ2) is 7.04. The summed E-state index contributed by atoms with van der Waals surface area (Å²) in [5, 5.41) is 8.78. The van der Waals surface area contributed by atoms with Gasteiger partial charge in [-0.25, -0.2) is 0 Å². The van der Waals surface area contributed by atoms with E-state index < -0.39 is 17.9 Å². The summed E-state index contributed by atoms with van der Waals surface area (Å²) in [7, 11) is 1.20. The average Bonchev–Trinajstić information content (AvgIpc) is 2.22. The molecule has 1 N–H and O–H groups in total. The molecule has 0 aliphatic rings. The molecular formula is C11H18O4. The van der Waals surface area contributed by atoms with E-state index in [0.717, 1.165) is 6.42 Å². The third-order valence-electron chi connectivity index (χ3n) is 2.29. The first kappa shape index (κ1) is 13.7. The van der Waals surface area contributed by atoms with E-state index in [1.165, 1.54) is 12.7 Å². The molecule has 0 aliphatic heterocycles. The summed E-state index contributed by atoms with van der Waals surface area (Å²) in [6, 6.07) is 0. The van der Waals surface area contributed by atoms with Crippen LogP contribution < -0.4 is 0 Å². The highest BCUT2D eigenvalue weighted by molar-refractivity contribution is 5.93.